The van der Waals surface area contributed by atoms with Crippen molar-refractivity contribution in [2.24, 2.45) is 0 Å². The Balaban J connectivity index is 1.27. The predicted molar refractivity (Wildman–Crippen MR) is 90.6 cm³/mol. The van der Waals surface area contributed by atoms with Crippen molar-refractivity contribution in [1.82, 2.24) is 35.3 Å². The summed E-state index contributed by atoms with van der Waals surface area (Å²) in [4.78, 5) is 13.4. The molecule has 3 heterocycles. The van der Waals surface area contributed by atoms with Crippen LogP contribution in [0.25, 0.3) is 11.6 Å². The zero-order chi connectivity index (χ0) is 16.2. The molecule has 24 heavy (non-hydrogen) atoms. The van der Waals surface area contributed by atoms with E-state index in [1.807, 2.05) is 0 Å². The lowest BCUT2D eigenvalue weighted by Gasteiger charge is -2.36. The maximum atomic E-state index is 4.46. The molecule has 4 rings (SSSR count). The van der Waals surface area contributed by atoms with E-state index in [9.17, 15) is 0 Å². The normalized spacial score (nSPS) is 15.8. The Morgan fingerprint density at radius 2 is 1.83 bits per heavy atom. The minimum atomic E-state index is 0.566. The number of nitrogens with one attached hydrogen (secondary N) is 2. The van der Waals surface area contributed by atoms with Crippen LogP contribution in [0, 0.1) is 0 Å². The molecule has 2 aromatic heterocycles. The van der Waals surface area contributed by atoms with Crippen molar-refractivity contribution in [3.05, 3.63) is 42.5 Å². The van der Waals surface area contributed by atoms with Crippen molar-refractivity contribution in [1.29, 1.82) is 0 Å². The monoisotopic (exact) mass is 324 g/mol. The molecule has 1 saturated heterocycles. The van der Waals surface area contributed by atoms with Crippen molar-refractivity contribution >= 4 is 5.69 Å². The van der Waals surface area contributed by atoms with Crippen LogP contribution in [-0.2, 0) is 6.42 Å². The second-order valence-electron chi connectivity index (χ2n) is 5.85. The summed E-state index contributed by atoms with van der Waals surface area (Å²) in [5, 5.41) is 13.7. The van der Waals surface area contributed by atoms with Gasteiger partial charge >= 0.3 is 0 Å². The molecule has 1 fully saturated rings. The van der Waals surface area contributed by atoms with Gasteiger partial charge in [-0.15, -0.1) is 5.10 Å². The molecule has 0 saturated carbocycles. The molecule has 8 heteroatoms. The van der Waals surface area contributed by atoms with Gasteiger partial charge in [0.05, 0.1) is 0 Å². The van der Waals surface area contributed by atoms with E-state index >= 15 is 0 Å². The van der Waals surface area contributed by atoms with Crippen LogP contribution < -0.4 is 4.90 Å². The predicted octanol–water partition coefficient (Wildman–Crippen LogP) is 0.954. The maximum Gasteiger partial charge on any atom is 0.218 e. The molecule has 0 radical (unpaired) electrons. The Morgan fingerprint density at radius 1 is 1.00 bits per heavy atom. The van der Waals surface area contributed by atoms with Gasteiger partial charge in [0, 0.05) is 44.8 Å². The Hall–Kier alpha value is -2.74. The summed E-state index contributed by atoms with van der Waals surface area (Å²) in [6.45, 7) is 5.23. The van der Waals surface area contributed by atoms with Crippen LogP contribution in [0.1, 0.15) is 5.82 Å². The number of aromatic amines is 2. The Bertz CT molecular complexity index is 744. The molecule has 0 bridgehead atoms. The highest BCUT2D eigenvalue weighted by Crippen LogP contribution is 2.15. The second kappa shape index (κ2) is 6.79. The number of hydrogen-bond donors (Lipinski definition) is 2. The Kier molecular flexibility index (Phi) is 4.20. The molecule has 0 aliphatic carbocycles. The third-order valence-corrected chi connectivity index (χ3v) is 4.32. The van der Waals surface area contributed by atoms with Crippen LogP contribution in [0.15, 0.2) is 36.7 Å². The first-order chi connectivity index (χ1) is 11.9. The largest absolute Gasteiger partial charge is 0.369 e. The molecule has 3 aromatic rings. The van der Waals surface area contributed by atoms with Gasteiger partial charge in [0.15, 0.2) is 5.82 Å². The lowest BCUT2D eigenvalue weighted by atomic mass is 10.2. The molecule has 124 valence electrons. The first-order valence-electron chi connectivity index (χ1n) is 8.18. The minimum Gasteiger partial charge on any atom is -0.369 e. The number of piperazine rings is 1. The molecular weight excluding hydrogens is 304 g/mol. The van der Waals surface area contributed by atoms with E-state index in [2.05, 4.69) is 70.5 Å². The van der Waals surface area contributed by atoms with Crippen LogP contribution in [-0.4, -0.2) is 68.0 Å². The van der Waals surface area contributed by atoms with E-state index < -0.39 is 0 Å². The number of aromatic nitrogens is 6. The quantitative estimate of drug-likeness (QED) is 0.726. The van der Waals surface area contributed by atoms with E-state index in [0.717, 1.165) is 45.0 Å². The molecule has 0 unspecified atom stereocenters. The zero-order valence-electron chi connectivity index (χ0n) is 13.4. The Morgan fingerprint density at radius 3 is 2.58 bits per heavy atom. The second-order valence-corrected chi connectivity index (χ2v) is 5.85. The summed E-state index contributed by atoms with van der Waals surface area (Å²) < 4.78 is 0. The molecule has 1 aliphatic rings. The zero-order valence-corrected chi connectivity index (χ0v) is 13.4. The molecular formula is C16H20N8. The summed E-state index contributed by atoms with van der Waals surface area (Å²) in [6.07, 6.45) is 2.31. The van der Waals surface area contributed by atoms with Crippen molar-refractivity contribution < 1.29 is 0 Å². The van der Waals surface area contributed by atoms with Gasteiger partial charge in [-0.2, -0.15) is 5.10 Å². The first-order valence-corrected chi connectivity index (χ1v) is 8.18. The number of nitrogens with zero attached hydrogens (tertiary/aromatic N) is 6. The molecule has 1 aromatic carbocycles. The highest BCUT2D eigenvalue weighted by molar-refractivity contribution is 5.46. The summed E-state index contributed by atoms with van der Waals surface area (Å²) >= 11 is 0. The molecule has 1 aliphatic heterocycles. The van der Waals surface area contributed by atoms with Crippen LogP contribution in [0.4, 0.5) is 5.69 Å². The minimum absolute atomic E-state index is 0.566. The van der Waals surface area contributed by atoms with Gasteiger partial charge in [-0.3, -0.25) is 15.1 Å². The van der Waals surface area contributed by atoms with Gasteiger partial charge in [0.25, 0.3) is 0 Å². The fourth-order valence-corrected chi connectivity index (χ4v) is 2.96. The third-order valence-electron chi connectivity index (χ3n) is 4.32. The number of benzene rings is 1. The third kappa shape index (κ3) is 3.28. The number of para-hydroxylation sites is 1. The fraction of sp³-hybridized carbons (Fsp3) is 0.375. The van der Waals surface area contributed by atoms with E-state index in [4.69, 9.17) is 0 Å². The summed E-state index contributed by atoms with van der Waals surface area (Å²) in [5.41, 5.74) is 1.31. The van der Waals surface area contributed by atoms with Crippen LogP contribution in [0.2, 0.25) is 0 Å². The maximum absolute atomic E-state index is 4.46. The number of anilines is 1. The van der Waals surface area contributed by atoms with Crippen LogP contribution in [0.3, 0.4) is 0 Å². The molecule has 0 amide bonds. The van der Waals surface area contributed by atoms with Crippen molar-refractivity contribution in [2.45, 2.75) is 6.42 Å². The van der Waals surface area contributed by atoms with Gasteiger partial charge in [-0.25, -0.2) is 9.97 Å². The SMILES string of the molecule is c1ccc(N2CCN(CCc3nc(-c4ncn[nH]4)n[nH]3)CC2)cc1. The topological polar surface area (TPSA) is 89.6 Å². The highest BCUT2D eigenvalue weighted by atomic mass is 15.3. The average Bonchev–Trinajstić information content (AvgIpc) is 3.33. The number of H-pyrrole nitrogens is 2. The Labute approximate surface area is 139 Å². The van der Waals surface area contributed by atoms with Gasteiger partial charge in [-0.05, 0) is 12.1 Å². The highest BCUT2D eigenvalue weighted by Gasteiger charge is 2.17. The molecule has 8 nitrogen and oxygen atoms in total. The smallest absolute Gasteiger partial charge is 0.218 e. The average molecular weight is 324 g/mol. The molecule has 0 spiro atoms. The number of hydrogen-bond acceptors (Lipinski definition) is 6. The fourth-order valence-electron chi connectivity index (χ4n) is 2.96. The van der Waals surface area contributed by atoms with E-state index in [1.165, 1.54) is 12.0 Å². The van der Waals surface area contributed by atoms with Crippen molar-refractivity contribution in [3.8, 4) is 11.6 Å². The first kappa shape index (κ1) is 14.8. The van der Waals surface area contributed by atoms with E-state index in [0.29, 0.717) is 11.6 Å². The van der Waals surface area contributed by atoms with Gasteiger partial charge < -0.3 is 4.90 Å². The van der Waals surface area contributed by atoms with E-state index in [1.54, 1.807) is 0 Å². The van der Waals surface area contributed by atoms with E-state index in [-0.39, 0.29) is 0 Å². The lowest BCUT2D eigenvalue weighted by molar-refractivity contribution is 0.259. The standard InChI is InChI=1S/C16H20N8/c1-2-4-13(5-3-1)24-10-8-23(9-11-24)7-6-14-19-16(22-20-14)15-17-12-18-21-15/h1-5,12H,6-11H2,(H,17,18,21)(H,19,20,22). The van der Waals surface area contributed by atoms with Gasteiger partial charge in [-0.1, -0.05) is 18.2 Å². The summed E-state index contributed by atoms with van der Waals surface area (Å²) in [6, 6.07) is 10.6. The summed E-state index contributed by atoms with van der Waals surface area (Å²) in [7, 11) is 0. The molecule has 0 atom stereocenters. The molecule has 2 N–H and O–H groups in total. The van der Waals surface area contributed by atoms with Crippen LogP contribution >= 0.6 is 0 Å². The van der Waals surface area contributed by atoms with Crippen molar-refractivity contribution in [2.75, 3.05) is 37.6 Å². The summed E-state index contributed by atoms with van der Waals surface area (Å²) in [5.74, 6) is 2.04. The van der Waals surface area contributed by atoms with Crippen LogP contribution in [0.5, 0.6) is 0 Å². The van der Waals surface area contributed by atoms with Gasteiger partial charge in [0.2, 0.25) is 5.82 Å². The number of rotatable bonds is 5. The van der Waals surface area contributed by atoms with Crippen molar-refractivity contribution in [3.63, 3.8) is 0 Å². The van der Waals surface area contributed by atoms with Gasteiger partial charge in [0.1, 0.15) is 12.2 Å². The lowest BCUT2D eigenvalue weighted by Crippen LogP contribution is -2.47.